The molecule has 1 aliphatic rings. The summed E-state index contributed by atoms with van der Waals surface area (Å²) in [6.45, 7) is 7.98. The van der Waals surface area contributed by atoms with Crippen molar-refractivity contribution >= 4 is 11.0 Å². The van der Waals surface area contributed by atoms with E-state index in [1.165, 1.54) is 6.07 Å². The number of benzene rings is 1. The molecular weight excluding hydrogens is 228 g/mol. The lowest BCUT2D eigenvalue weighted by Gasteiger charge is -2.24. The van der Waals surface area contributed by atoms with Gasteiger partial charge in [0.1, 0.15) is 16.9 Å². The Balaban J connectivity index is 2.23. The fraction of sp³-hybridized carbons (Fsp3) is 0.267. The molecule has 3 rings (SSSR count). The monoisotopic (exact) mass is 242 g/mol. The molecule has 1 aromatic heterocycles. The summed E-state index contributed by atoms with van der Waals surface area (Å²) in [6, 6.07) is 6.95. The third-order valence-corrected chi connectivity index (χ3v) is 3.59. The molecule has 0 N–H and O–H groups in total. The van der Waals surface area contributed by atoms with E-state index in [1.54, 1.807) is 6.07 Å². The minimum Gasteiger partial charge on any atom is -0.482 e. The van der Waals surface area contributed by atoms with Gasteiger partial charge < -0.3 is 9.15 Å². The highest BCUT2D eigenvalue weighted by Crippen LogP contribution is 2.42. The van der Waals surface area contributed by atoms with Crippen molar-refractivity contribution in [2.75, 3.05) is 0 Å². The zero-order valence-corrected chi connectivity index (χ0v) is 10.4. The molecule has 2 heterocycles. The summed E-state index contributed by atoms with van der Waals surface area (Å²) in [4.78, 5) is 11.2. The smallest absolute Gasteiger partial charge is 0.336 e. The van der Waals surface area contributed by atoms with Gasteiger partial charge in [0, 0.05) is 12.5 Å². The number of rotatable bonds is 1. The van der Waals surface area contributed by atoms with Crippen molar-refractivity contribution in [2.24, 2.45) is 0 Å². The molecule has 0 bridgehead atoms. The third-order valence-electron chi connectivity index (χ3n) is 3.59. The average molecular weight is 242 g/mol. The summed E-state index contributed by atoms with van der Waals surface area (Å²) < 4.78 is 11.2. The Bertz CT molecular complexity index is 711. The molecule has 0 fully saturated rings. The predicted molar refractivity (Wildman–Crippen MR) is 70.0 cm³/mol. The fourth-order valence-electron chi connectivity index (χ4n) is 2.29. The normalized spacial score (nSPS) is 21.7. The Hall–Kier alpha value is -2.03. The van der Waals surface area contributed by atoms with Gasteiger partial charge in [0.25, 0.3) is 0 Å². The quantitative estimate of drug-likeness (QED) is 0.570. The van der Waals surface area contributed by atoms with Gasteiger partial charge in [0.15, 0.2) is 0 Å². The summed E-state index contributed by atoms with van der Waals surface area (Å²) in [5.74, 6) is 0.807. The van der Waals surface area contributed by atoms with E-state index >= 15 is 0 Å². The predicted octanol–water partition coefficient (Wildman–Crippen LogP) is 3.06. The highest BCUT2D eigenvalue weighted by Gasteiger charge is 2.36. The van der Waals surface area contributed by atoms with Gasteiger partial charge in [0.05, 0.1) is 5.39 Å². The van der Waals surface area contributed by atoms with Crippen LogP contribution in [0.1, 0.15) is 19.4 Å². The lowest BCUT2D eigenvalue weighted by molar-refractivity contribution is 0.159. The SMILES string of the molecule is C=C(C)C1(C)Cc2ccc3oc(=O)ccc3c2O1. The molecule has 0 radical (unpaired) electrons. The minimum absolute atomic E-state index is 0.344. The lowest BCUT2D eigenvalue weighted by atomic mass is 9.93. The van der Waals surface area contributed by atoms with E-state index in [2.05, 4.69) is 6.58 Å². The van der Waals surface area contributed by atoms with E-state index in [0.29, 0.717) is 5.58 Å². The molecule has 0 saturated carbocycles. The van der Waals surface area contributed by atoms with Crippen molar-refractivity contribution in [1.29, 1.82) is 0 Å². The van der Waals surface area contributed by atoms with E-state index in [9.17, 15) is 4.79 Å². The van der Waals surface area contributed by atoms with Gasteiger partial charge in [-0.3, -0.25) is 0 Å². The summed E-state index contributed by atoms with van der Waals surface area (Å²) >= 11 is 0. The molecule has 1 unspecified atom stereocenters. The van der Waals surface area contributed by atoms with Crippen LogP contribution in [0.5, 0.6) is 5.75 Å². The van der Waals surface area contributed by atoms with Crippen molar-refractivity contribution < 1.29 is 9.15 Å². The van der Waals surface area contributed by atoms with Gasteiger partial charge in [-0.15, -0.1) is 0 Å². The summed E-state index contributed by atoms with van der Waals surface area (Å²) in [7, 11) is 0. The van der Waals surface area contributed by atoms with Crippen molar-refractivity contribution in [1.82, 2.24) is 0 Å². The van der Waals surface area contributed by atoms with Crippen molar-refractivity contribution in [3.8, 4) is 5.75 Å². The summed E-state index contributed by atoms with van der Waals surface area (Å²) in [5.41, 5.74) is 1.97. The van der Waals surface area contributed by atoms with Gasteiger partial charge in [0.2, 0.25) is 0 Å². The van der Waals surface area contributed by atoms with E-state index in [1.807, 2.05) is 26.0 Å². The van der Waals surface area contributed by atoms with Crippen LogP contribution in [0.3, 0.4) is 0 Å². The largest absolute Gasteiger partial charge is 0.482 e. The van der Waals surface area contributed by atoms with Crippen LogP contribution in [-0.4, -0.2) is 5.60 Å². The minimum atomic E-state index is -0.368. The van der Waals surface area contributed by atoms with Gasteiger partial charge in [-0.05, 0) is 37.1 Å². The Morgan fingerprint density at radius 3 is 2.83 bits per heavy atom. The fourth-order valence-corrected chi connectivity index (χ4v) is 2.29. The molecular formula is C15H14O3. The van der Waals surface area contributed by atoms with Crippen LogP contribution in [0.25, 0.3) is 11.0 Å². The first-order valence-corrected chi connectivity index (χ1v) is 5.90. The van der Waals surface area contributed by atoms with Crippen molar-refractivity contribution in [3.63, 3.8) is 0 Å². The van der Waals surface area contributed by atoms with Crippen LogP contribution < -0.4 is 10.4 Å². The maximum atomic E-state index is 11.2. The van der Waals surface area contributed by atoms with Gasteiger partial charge >= 0.3 is 5.63 Å². The molecule has 0 saturated heterocycles. The first-order valence-electron chi connectivity index (χ1n) is 5.90. The van der Waals surface area contributed by atoms with E-state index < -0.39 is 0 Å². The molecule has 3 nitrogen and oxygen atoms in total. The van der Waals surface area contributed by atoms with Crippen LogP contribution >= 0.6 is 0 Å². The standard InChI is InChI=1S/C15H14O3/c1-9(2)15(3)8-10-4-6-12-11(14(10)18-15)5-7-13(16)17-12/h4-7H,1,8H2,2-3H3. The molecule has 0 spiro atoms. The molecule has 0 amide bonds. The van der Waals surface area contributed by atoms with Crippen molar-refractivity contribution in [2.45, 2.75) is 25.9 Å². The Kier molecular flexibility index (Phi) is 2.14. The molecule has 0 aliphatic carbocycles. The number of hydrogen-bond acceptors (Lipinski definition) is 3. The van der Waals surface area contributed by atoms with E-state index in [0.717, 1.165) is 28.7 Å². The second kappa shape index (κ2) is 3.48. The Morgan fingerprint density at radius 2 is 2.11 bits per heavy atom. The van der Waals surface area contributed by atoms with Gasteiger partial charge in [-0.25, -0.2) is 4.79 Å². The van der Waals surface area contributed by atoms with Crippen LogP contribution in [0.2, 0.25) is 0 Å². The molecule has 92 valence electrons. The maximum Gasteiger partial charge on any atom is 0.336 e. The number of fused-ring (bicyclic) bond motifs is 3. The Labute approximate surface area is 105 Å². The highest BCUT2D eigenvalue weighted by atomic mass is 16.5. The number of ether oxygens (including phenoxy) is 1. The zero-order chi connectivity index (χ0) is 12.9. The zero-order valence-electron chi connectivity index (χ0n) is 10.4. The van der Waals surface area contributed by atoms with E-state index in [4.69, 9.17) is 9.15 Å². The van der Waals surface area contributed by atoms with Gasteiger partial charge in [-0.2, -0.15) is 0 Å². The van der Waals surface area contributed by atoms with Crippen LogP contribution in [0, 0.1) is 0 Å². The highest BCUT2D eigenvalue weighted by molar-refractivity contribution is 5.85. The van der Waals surface area contributed by atoms with Crippen molar-refractivity contribution in [3.05, 3.63) is 52.4 Å². The van der Waals surface area contributed by atoms with Crippen LogP contribution in [0.4, 0.5) is 0 Å². The molecule has 18 heavy (non-hydrogen) atoms. The van der Waals surface area contributed by atoms with Gasteiger partial charge in [-0.1, -0.05) is 12.6 Å². The molecule has 1 atom stereocenters. The summed E-state index contributed by atoms with van der Waals surface area (Å²) in [5, 5.41) is 0.845. The first kappa shape index (κ1) is 11.1. The second-order valence-corrected chi connectivity index (χ2v) is 5.01. The summed E-state index contributed by atoms with van der Waals surface area (Å²) in [6.07, 6.45) is 0.798. The van der Waals surface area contributed by atoms with Crippen LogP contribution in [0.15, 0.2) is 45.6 Å². The topological polar surface area (TPSA) is 39.4 Å². The molecule has 1 aliphatic heterocycles. The Morgan fingerprint density at radius 1 is 1.33 bits per heavy atom. The molecule has 3 heteroatoms. The molecule has 2 aromatic rings. The van der Waals surface area contributed by atoms with Crippen LogP contribution in [-0.2, 0) is 6.42 Å². The lowest BCUT2D eigenvalue weighted by Crippen LogP contribution is -2.30. The average Bonchev–Trinajstić information content (AvgIpc) is 2.67. The maximum absolute atomic E-state index is 11.2. The first-order chi connectivity index (χ1) is 8.49. The second-order valence-electron chi connectivity index (χ2n) is 5.01. The third kappa shape index (κ3) is 1.47. The van der Waals surface area contributed by atoms with E-state index in [-0.39, 0.29) is 11.2 Å². The number of hydrogen-bond donors (Lipinski definition) is 0. The molecule has 1 aromatic carbocycles.